The van der Waals surface area contributed by atoms with Crippen LogP contribution in [0.4, 0.5) is 5.82 Å². The van der Waals surface area contributed by atoms with Gasteiger partial charge in [0.15, 0.2) is 6.61 Å². The molecule has 104 valence electrons. The van der Waals surface area contributed by atoms with Gasteiger partial charge in [0.25, 0.3) is 5.91 Å². The van der Waals surface area contributed by atoms with E-state index in [-0.39, 0.29) is 12.5 Å². The molecule has 4 nitrogen and oxygen atoms in total. The van der Waals surface area contributed by atoms with Gasteiger partial charge in [0.05, 0.1) is 5.69 Å². The predicted octanol–water partition coefficient (Wildman–Crippen LogP) is 3.48. The zero-order chi connectivity index (χ0) is 14.5. The lowest BCUT2D eigenvalue weighted by Gasteiger charge is -2.09. The summed E-state index contributed by atoms with van der Waals surface area (Å²) in [5.41, 5.74) is 1.82. The summed E-state index contributed by atoms with van der Waals surface area (Å²) in [5, 5.41) is 2.70. The van der Waals surface area contributed by atoms with Crippen LogP contribution in [0.15, 0.2) is 40.9 Å². The smallest absolute Gasteiger partial charge is 0.263 e. The number of carbonyl (C=O) groups is 1. The maximum absolute atomic E-state index is 11.8. The number of nitrogens with one attached hydrogen (secondary N) is 1. The number of carbonyl (C=O) groups excluding carboxylic acids is 1. The van der Waals surface area contributed by atoms with E-state index in [0.717, 1.165) is 15.7 Å². The lowest BCUT2D eigenvalue weighted by atomic mass is 10.2. The first-order valence-electron chi connectivity index (χ1n) is 6.17. The monoisotopic (exact) mass is 334 g/mol. The largest absolute Gasteiger partial charge is 0.483 e. The molecule has 20 heavy (non-hydrogen) atoms. The van der Waals surface area contributed by atoms with Crippen molar-refractivity contribution in [1.29, 1.82) is 0 Å². The number of aryl methyl sites for hydroxylation is 2. The zero-order valence-corrected chi connectivity index (χ0v) is 12.9. The molecular weight excluding hydrogens is 320 g/mol. The zero-order valence-electron chi connectivity index (χ0n) is 11.3. The van der Waals surface area contributed by atoms with E-state index in [4.69, 9.17) is 4.74 Å². The molecular formula is C15H15BrN2O2. The Labute approximate surface area is 126 Å². The molecule has 0 fully saturated rings. The number of nitrogens with zero attached hydrogens (tertiary/aromatic N) is 1. The minimum Gasteiger partial charge on any atom is -0.483 e. The van der Waals surface area contributed by atoms with Crippen molar-refractivity contribution in [2.45, 2.75) is 13.8 Å². The van der Waals surface area contributed by atoms with Crippen LogP contribution in [-0.4, -0.2) is 17.5 Å². The summed E-state index contributed by atoms with van der Waals surface area (Å²) in [4.78, 5) is 16.1. The van der Waals surface area contributed by atoms with Crippen LogP contribution in [0.1, 0.15) is 11.3 Å². The Morgan fingerprint density at radius 3 is 2.70 bits per heavy atom. The third kappa shape index (κ3) is 3.81. The number of hydrogen-bond donors (Lipinski definition) is 1. The summed E-state index contributed by atoms with van der Waals surface area (Å²) in [6.07, 6.45) is 0. The molecule has 2 rings (SSSR count). The van der Waals surface area contributed by atoms with Crippen molar-refractivity contribution in [2.24, 2.45) is 0 Å². The second-order valence-corrected chi connectivity index (χ2v) is 5.22. The molecule has 0 aliphatic rings. The van der Waals surface area contributed by atoms with Gasteiger partial charge in [-0.3, -0.25) is 4.79 Å². The molecule has 0 aliphatic heterocycles. The number of rotatable bonds is 4. The second kappa shape index (κ2) is 6.52. The van der Waals surface area contributed by atoms with E-state index in [1.807, 2.05) is 44.2 Å². The SMILES string of the molecule is Cc1ccccc1OCC(=O)Nc1ccc(Br)c(C)n1. The van der Waals surface area contributed by atoms with E-state index in [1.54, 1.807) is 6.07 Å². The number of aromatic nitrogens is 1. The average molecular weight is 335 g/mol. The molecule has 2 aromatic rings. The van der Waals surface area contributed by atoms with Crippen LogP contribution >= 0.6 is 15.9 Å². The maximum Gasteiger partial charge on any atom is 0.263 e. The summed E-state index contributed by atoms with van der Waals surface area (Å²) in [6.45, 7) is 3.76. The highest BCUT2D eigenvalue weighted by Gasteiger charge is 2.06. The number of ether oxygens (including phenoxy) is 1. The van der Waals surface area contributed by atoms with Crippen molar-refractivity contribution in [3.63, 3.8) is 0 Å². The van der Waals surface area contributed by atoms with Gasteiger partial charge in [0.1, 0.15) is 11.6 Å². The van der Waals surface area contributed by atoms with Crippen LogP contribution in [0.3, 0.4) is 0 Å². The highest BCUT2D eigenvalue weighted by Crippen LogP contribution is 2.17. The lowest BCUT2D eigenvalue weighted by Crippen LogP contribution is -2.21. The molecule has 0 spiro atoms. The van der Waals surface area contributed by atoms with Gasteiger partial charge >= 0.3 is 0 Å². The van der Waals surface area contributed by atoms with Crippen molar-refractivity contribution in [3.05, 3.63) is 52.1 Å². The van der Waals surface area contributed by atoms with Gasteiger partial charge < -0.3 is 10.1 Å². The first-order chi connectivity index (χ1) is 9.56. The standard InChI is InChI=1S/C15H15BrN2O2/c1-10-5-3-4-6-13(10)20-9-15(19)18-14-8-7-12(16)11(2)17-14/h3-8H,9H2,1-2H3,(H,17,18,19). The number of pyridine rings is 1. The normalized spacial score (nSPS) is 10.2. The summed E-state index contributed by atoms with van der Waals surface area (Å²) in [6, 6.07) is 11.2. The van der Waals surface area contributed by atoms with Gasteiger partial charge in [-0.2, -0.15) is 0 Å². The van der Waals surface area contributed by atoms with Crippen molar-refractivity contribution >= 4 is 27.7 Å². The Balaban J connectivity index is 1.93. The average Bonchev–Trinajstić information content (AvgIpc) is 2.42. The molecule has 1 aromatic heterocycles. The molecule has 1 amide bonds. The Kier molecular flexibility index (Phi) is 4.74. The summed E-state index contributed by atoms with van der Waals surface area (Å²) >= 11 is 3.36. The van der Waals surface area contributed by atoms with Crippen LogP contribution in [0, 0.1) is 13.8 Å². The third-order valence-corrected chi connectivity index (χ3v) is 3.58. The van der Waals surface area contributed by atoms with Gasteiger partial charge in [0.2, 0.25) is 0 Å². The van der Waals surface area contributed by atoms with Gasteiger partial charge in [-0.15, -0.1) is 0 Å². The molecule has 0 aliphatic carbocycles. The number of hydrogen-bond acceptors (Lipinski definition) is 3. The number of benzene rings is 1. The Bertz CT molecular complexity index is 629. The molecule has 0 radical (unpaired) electrons. The highest BCUT2D eigenvalue weighted by molar-refractivity contribution is 9.10. The molecule has 5 heteroatoms. The number of amides is 1. The molecule has 0 saturated carbocycles. The molecule has 0 atom stereocenters. The molecule has 0 saturated heterocycles. The van der Waals surface area contributed by atoms with Gasteiger partial charge in [-0.1, -0.05) is 18.2 Å². The van der Waals surface area contributed by atoms with E-state index in [2.05, 4.69) is 26.2 Å². The summed E-state index contributed by atoms with van der Waals surface area (Å²) in [7, 11) is 0. The number of para-hydroxylation sites is 1. The van der Waals surface area contributed by atoms with Gasteiger partial charge in [-0.25, -0.2) is 4.98 Å². The minimum absolute atomic E-state index is 0.0400. The first kappa shape index (κ1) is 14.5. The fourth-order valence-electron chi connectivity index (χ4n) is 1.65. The molecule has 1 heterocycles. The summed E-state index contributed by atoms with van der Waals surface area (Å²) in [5.74, 6) is 0.995. The van der Waals surface area contributed by atoms with Crippen molar-refractivity contribution in [3.8, 4) is 5.75 Å². The van der Waals surface area contributed by atoms with Crippen molar-refractivity contribution < 1.29 is 9.53 Å². The van der Waals surface area contributed by atoms with Crippen molar-refractivity contribution in [2.75, 3.05) is 11.9 Å². The Hall–Kier alpha value is -1.88. The Morgan fingerprint density at radius 2 is 2.00 bits per heavy atom. The Morgan fingerprint density at radius 1 is 1.25 bits per heavy atom. The van der Waals surface area contributed by atoms with Gasteiger partial charge in [0, 0.05) is 4.47 Å². The number of halogens is 1. The predicted molar refractivity (Wildman–Crippen MR) is 82.0 cm³/mol. The fourth-order valence-corrected chi connectivity index (χ4v) is 1.88. The quantitative estimate of drug-likeness (QED) is 0.931. The van der Waals surface area contributed by atoms with Crippen LogP contribution in [0.25, 0.3) is 0 Å². The van der Waals surface area contributed by atoms with Crippen LogP contribution in [0.5, 0.6) is 5.75 Å². The van der Waals surface area contributed by atoms with Crippen LogP contribution < -0.4 is 10.1 Å². The minimum atomic E-state index is -0.234. The van der Waals surface area contributed by atoms with E-state index in [0.29, 0.717) is 11.6 Å². The van der Waals surface area contributed by atoms with Crippen LogP contribution in [0.2, 0.25) is 0 Å². The first-order valence-corrected chi connectivity index (χ1v) is 6.97. The molecule has 0 unspecified atom stereocenters. The lowest BCUT2D eigenvalue weighted by molar-refractivity contribution is -0.118. The second-order valence-electron chi connectivity index (χ2n) is 4.37. The highest BCUT2D eigenvalue weighted by atomic mass is 79.9. The van der Waals surface area contributed by atoms with E-state index in [1.165, 1.54) is 0 Å². The third-order valence-electron chi connectivity index (χ3n) is 2.74. The molecule has 1 aromatic carbocycles. The maximum atomic E-state index is 11.8. The fraction of sp³-hybridized carbons (Fsp3) is 0.200. The topological polar surface area (TPSA) is 51.2 Å². The van der Waals surface area contributed by atoms with E-state index >= 15 is 0 Å². The summed E-state index contributed by atoms with van der Waals surface area (Å²) < 4.78 is 6.38. The molecule has 1 N–H and O–H groups in total. The van der Waals surface area contributed by atoms with Crippen LogP contribution in [-0.2, 0) is 4.79 Å². The van der Waals surface area contributed by atoms with E-state index in [9.17, 15) is 4.79 Å². The van der Waals surface area contributed by atoms with E-state index < -0.39 is 0 Å². The van der Waals surface area contributed by atoms with Crippen molar-refractivity contribution in [1.82, 2.24) is 4.98 Å². The number of anilines is 1. The van der Waals surface area contributed by atoms with Gasteiger partial charge in [-0.05, 0) is 53.5 Å². The molecule has 0 bridgehead atoms.